The third-order valence-corrected chi connectivity index (χ3v) is 3.49. The Balaban J connectivity index is 2.19. The van der Waals surface area contributed by atoms with Gasteiger partial charge in [-0.15, -0.1) is 10.2 Å². The van der Waals surface area contributed by atoms with Crippen LogP contribution in [0.4, 0.5) is 10.8 Å². The van der Waals surface area contributed by atoms with E-state index in [9.17, 15) is 4.79 Å². The molecule has 5 nitrogen and oxygen atoms in total. The van der Waals surface area contributed by atoms with Gasteiger partial charge in [-0.05, 0) is 38.0 Å². The molecule has 0 spiro atoms. The number of aromatic nitrogens is 2. The Labute approximate surface area is 122 Å². The van der Waals surface area contributed by atoms with Gasteiger partial charge in [0.1, 0.15) is 5.01 Å². The van der Waals surface area contributed by atoms with Gasteiger partial charge in [0.05, 0.1) is 5.56 Å². The summed E-state index contributed by atoms with van der Waals surface area (Å²) >= 11 is 1.36. The standard InChI is InChI=1S/C14H18N4OS/c1-4-7-15-12-8-9(2)5-6-11(12)13(19)16-14-18-17-10(3)20-14/h5-6,8,15H,4,7H2,1-3H3,(H,16,18,19). The number of nitrogens with zero attached hydrogens (tertiary/aromatic N) is 2. The molecule has 0 aliphatic rings. The highest BCUT2D eigenvalue weighted by Gasteiger charge is 2.13. The van der Waals surface area contributed by atoms with E-state index in [-0.39, 0.29) is 5.91 Å². The quantitative estimate of drug-likeness (QED) is 0.887. The fourth-order valence-electron chi connectivity index (χ4n) is 1.77. The van der Waals surface area contributed by atoms with Gasteiger partial charge >= 0.3 is 0 Å². The van der Waals surface area contributed by atoms with Gasteiger partial charge in [-0.25, -0.2) is 0 Å². The van der Waals surface area contributed by atoms with Crippen molar-refractivity contribution in [2.45, 2.75) is 27.2 Å². The zero-order chi connectivity index (χ0) is 14.5. The molecule has 2 N–H and O–H groups in total. The Hall–Kier alpha value is -1.95. The minimum Gasteiger partial charge on any atom is -0.384 e. The Morgan fingerprint density at radius 1 is 1.30 bits per heavy atom. The summed E-state index contributed by atoms with van der Waals surface area (Å²) < 4.78 is 0. The maximum Gasteiger partial charge on any atom is 0.259 e. The molecule has 0 unspecified atom stereocenters. The van der Waals surface area contributed by atoms with Gasteiger partial charge in [-0.2, -0.15) is 0 Å². The van der Waals surface area contributed by atoms with Crippen molar-refractivity contribution in [2.24, 2.45) is 0 Å². The van der Waals surface area contributed by atoms with Crippen molar-refractivity contribution in [1.82, 2.24) is 10.2 Å². The summed E-state index contributed by atoms with van der Waals surface area (Å²) in [6.07, 6.45) is 1.00. The van der Waals surface area contributed by atoms with Gasteiger partial charge in [-0.1, -0.05) is 24.3 Å². The minimum atomic E-state index is -0.167. The highest BCUT2D eigenvalue weighted by Crippen LogP contribution is 2.21. The van der Waals surface area contributed by atoms with E-state index in [1.807, 2.05) is 32.0 Å². The van der Waals surface area contributed by atoms with Crippen molar-refractivity contribution < 1.29 is 4.79 Å². The highest BCUT2D eigenvalue weighted by molar-refractivity contribution is 7.15. The summed E-state index contributed by atoms with van der Waals surface area (Å²) in [4.78, 5) is 12.3. The van der Waals surface area contributed by atoms with Crippen molar-refractivity contribution in [2.75, 3.05) is 17.2 Å². The van der Waals surface area contributed by atoms with E-state index >= 15 is 0 Å². The van der Waals surface area contributed by atoms with E-state index < -0.39 is 0 Å². The molecular formula is C14H18N4OS. The fourth-order valence-corrected chi connectivity index (χ4v) is 2.36. The Bertz CT molecular complexity index is 609. The van der Waals surface area contributed by atoms with Crippen LogP contribution < -0.4 is 10.6 Å². The fraction of sp³-hybridized carbons (Fsp3) is 0.357. The molecule has 0 fully saturated rings. The molecule has 1 amide bonds. The summed E-state index contributed by atoms with van der Waals surface area (Å²) in [7, 11) is 0. The van der Waals surface area contributed by atoms with E-state index in [4.69, 9.17) is 0 Å². The second kappa shape index (κ2) is 6.47. The number of benzene rings is 1. The van der Waals surface area contributed by atoms with Crippen molar-refractivity contribution in [3.05, 3.63) is 34.3 Å². The van der Waals surface area contributed by atoms with E-state index in [0.717, 1.165) is 29.2 Å². The zero-order valence-corrected chi connectivity index (χ0v) is 12.7. The second-order valence-electron chi connectivity index (χ2n) is 4.56. The largest absolute Gasteiger partial charge is 0.384 e. The third kappa shape index (κ3) is 3.54. The van der Waals surface area contributed by atoms with Crippen LogP contribution in [0.2, 0.25) is 0 Å². The number of carbonyl (C=O) groups excluding carboxylic acids is 1. The summed E-state index contributed by atoms with van der Waals surface area (Å²) in [5.41, 5.74) is 2.59. The van der Waals surface area contributed by atoms with E-state index in [1.54, 1.807) is 0 Å². The molecule has 0 atom stereocenters. The van der Waals surface area contributed by atoms with E-state index in [1.165, 1.54) is 11.3 Å². The zero-order valence-electron chi connectivity index (χ0n) is 11.9. The van der Waals surface area contributed by atoms with Gasteiger partial charge in [0, 0.05) is 12.2 Å². The van der Waals surface area contributed by atoms with Gasteiger partial charge in [-0.3, -0.25) is 10.1 Å². The normalized spacial score (nSPS) is 10.3. The van der Waals surface area contributed by atoms with Gasteiger partial charge < -0.3 is 5.32 Å². The van der Waals surface area contributed by atoms with E-state index in [0.29, 0.717) is 10.7 Å². The Morgan fingerprint density at radius 3 is 2.75 bits per heavy atom. The number of aryl methyl sites for hydroxylation is 2. The van der Waals surface area contributed by atoms with Crippen molar-refractivity contribution in [3.63, 3.8) is 0 Å². The average Bonchev–Trinajstić information content (AvgIpc) is 2.81. The first kappa shape index (κ1) is 14.5. The van der Waals surface area contributed by atoms with Crippen LogP contribution in [0.1, 0.15) is 34.3 Å². The van der Waals surface area contributed by atoms with Crippen LogP contribution in [0.25, 0.3) is 0 Å². The Kier molecular flexibility index (Phi) is 4.68. The van der Waals surface area contributed by atoms with Crippen LogP contribution >= 0.6 is 11.3 Å². The first-order valence-electron chi connectivity index (χ1n) is 6.56. The SMILES string of the molecule is CCCNc1cc(C)ccc1C(=O)Nc1nnc(C)s1. The van der Waals surface area contributed by atoms with Crippen LogP contribution in [-0.4, -0.2) is 22.6 Å². The molecule has 0 aliphatic heterocycles. The summed E-state index contributed by atoms with van der Waals surface area (Å²) in [5, 5.41) is 15.2. The summed E-state index contributed by atoms with van der Waals surface area (Å²) in [6.45, 7) is 6.79. The highest BCUT2D eigenvalue weighted by atomic mass is 32.1. The average molecular weight is 290 g/mol. The molecule has 0 saturated heterocycles. The van der Waals surface area contributed by atoms with Gasteiger partial charge in [0.25, 0.3) is 5.91 Å². The topological polar surface area (TPSA) is 66.9 Å². The molecule has 0 radical (unpaired) electrons. The smallest absolute Gasteiger partial charge is 0.259 e. The molecule has 1 heterocycles. The molecule has 0 aliphatic carbocycles. The van der Waals surface area contributed by atoms with Crippen LogP contribution in [0.5, 0.6) is 0 Å². The van der Waals surface area contributed by atoms with Crippen molar-refractivity contribution in [3.8, 4) is 0 Å². The lowest BCUT2D eigenvalue weighted by Crippen LogP contribution is -2.15. The molecule has 1 aromatic heterocycles. The van der Waals surface area contributed by atoms with Crippen molar-refractivity contribution in [1.29, 1.82) is 0 Å². The van der Waals surface area contributed by atoms with Gasteiger partial charge in [0.15, 0.2) is 0 Å². The number of hydrogen-bond donors (Lipinski definition) is 2. The molecule has 2 aromatic rings. The van der Waals surface area contributed by atoms with Crippen molar-refractivity contribution >= 4 is 28.1 Å². The molecule has 20 heavy (non-hydrogen) atoms. The second-order valence-corrected chi connectivity index (χ2v) is 5.74. The third-order valence-electron chi connectivity index (χ3n) is 2.73. The minimum absolute atomic E-state index is 0.167. The van der Waals surface area contributed by atoms with Crippen LogP contribution in [0.3, 0.4) is 0 Å². The number of anilines is 2. The first-order valence-corrected chi connectivity index (χ1v) is 7.37. The molecule has 0 saturated carbocycles. The number of rotatable bonds is 5. The maximum atomic E-state index is 12.3. The molecule has 106 valence electrons. The maximum absolute atomic E-state index is 12.3. The van der Waals surface area contributed by atoms with Crippen LogP contribution in [0, 0.1) is 13.8 Å². The van der Waals surface area contributed by atoms with Crippen LogP contribution in [0.15, 0.2) is 18.2 Å². The number of nitrogens with one attached hydrogen (secondary N) is 2. The number of amides is 1. The molecular weight excluding hydrogens is 272 g/mol. The first-order chi connectivity index (χ1) is 9.60. The molecule has 6 heteroatoms. The lowest BCUT2D eigenvalue weighted by molar-refractivity contribution is 0.102. The summed E-state index contributed by atoms with van der Waals surface area (Å²) in [6, 6.07) is 5.74. The lowest BCUT2D eigenvalue weighted by Gasteiger charge is -2.11. The molecule has 0 bridgehead atoms. The van der Waals surface area contributed by atoms with E-state index in [2.05, 4.69) is 27.8 Å². The predicted octanol–water partition coefficient (Wildman–Crippen LogP) is 3.23. The lowest BCUT2D eigenvalue weighted by atomic mass is 10.1. The Morgan fingerprint density at radius 2 is 2.10 bits per heavy atom. The number of hydrogen-bond acceptors (Lipinski definition) is 5. The monoisotopic (exact) mass is 290 g/mol. The van der Waals surface area contributed by atoms with Gasteiger partial charge in [0.2, 0.25) is 5.13 Å². The molecule has 2 rings (SSSR count). The van der Waals surface area contributed by atoms with Crippen LogP contribution in [-0.2, 0) is 0 Å². The predicted molar refractivity (Wildman–Crippen MR) is 82.6 cm³/mol. The summed E-state index contributed by atoms with van der Waals surface area (Å²) in [5.74, 6) is -0.167. The number of carbonyl (C=O) groups is 1. The molecule has 1 aromatic carbocycles.